The molecule has 21 heavy (non-hydrogen) atoms. The van der Waals surface area contributed by atoms with Gasteiger partial charge in [-0.2, -0.15) is 0 Å². The van der Waals surface area contributed by atoms with Crippen LogP contribution in [0.15, 0.2) is 42.9 Å². The van der Waals surface area contributed by atoms with Gasteiger partial charge >= 0.3 is 0 Å². The predicted octanol–water partition coefficient (Wildman–Crippen LogP) is 4.11. The minimum absolute atomic E-state index is 0.667. The predicted molar refractivity (Wildman–Crippen MR) is 86.6 cm³/mol. The van der Waals surface area contributed by atoms with Gasteiger partial charge in [-0.05, 0) is 30.7 Å². The quantitative estimate of drug-likeness (QED) is 0.771. The number of hydrogen-bond donors (Lipinski definition) is 1. The first-order valence-corrected chi connectivity index (χ1v) is 7.44. The van der Waals surface area contributed by atoms with Gasteiger partial charge in [-0.3, -0.25) is 4.98 Å². The SMILES string of the molecule is CCCn1ccnc1CNc1ccc(Cl)c2cccnc12. The van der Waals surface area contributed by atoms with Crippen molar-refractivity contribution >= 4 is 28.2 Å². The minimum atomic E-state index is 0.667. The Labute approximate surface area is 128 Å². The molecule has 0 fully saturated rings. The molecule has 2 heterocycles. The van der Waals surface area contributed by atoms with Crippen LogP contribution in [0.3, 0.4) is 0 Å². The lowest BCUT2D eigenvalue weighted by Gasteiger charge is -2.11. The molecule has 0 atom stereocenters. The fraction of sp³-hybridized carbons (Fsp3) is 0.250. The Kier molecular flexibility index (Phi) is 4.06. The number of nitrogens with one attached hydrogen (secondary N) is 1. The molecule has 108 valence electrons. The third-order valence-electron chi connectivity index (χ3n) is 3.42. The van der Waals surface area contributed by atoms with Crippen LogP contribution in [0.5, 0.6) is 0 Å². The maximum atomic E-state index is 6.21. The largest absolute Gasteiger partial charge is 0.376 e. The van der Waals surface area contributed by atoms with E-state index in [1.807, 2.05) is 36.7 Å². The fourth-order valence-electron chi connectivity index (χ4n) is 2.41. The molecule has 3 aromatic rings. The summed E-state index contributed by atoms with van der Waals surface area (Å²) in [4.78, 5) is 8.83. The van der Waals surface area contributed by atoms with E-state index in [4.69, 9.17) is 11.6 Å². The second-order valence-electron chi connectivity index (χ2n) is 4.88. The van der Waals surface area contributed by atoms with Crippen molar-refractivity contribution in [2.75, 3.05) is 5.32 Å². The van der Waals surface area contributed by atoms with E-state index >= 15 is 0 Å². The first kappa shape index (κ1) is 13.9. The highest BCUT2D eigenvalue weighted by Gasteiger charge is 2.07. The van der Waals surface area contributed by atoms with Gasteiger partial charge in [0.2, 0.25) is 0 Å². The minimum Gasteiger partial charge on any atom is -0.376 e. The van der Waals surface area contributed by atoms with E-state index < -0.39 is 0 Å². The molecular weight excluding hydrogens is 284 g/mol. The van der Waals surface area contributed by atoms with Crippen LogP contribution < -0.4 is 5.32 Å². The van der Waals surface area contributed by atoms with Crippen LogP contribution in [0, 0.1) is 0 Å². The van der Waals surface area contributed by atoms with Crippen LogP contribution >= 0.6 is 11.6 Å². The summed E-state index contributed by atoms with van der Waals surface area (Å²) in [7, 11) is 0. The summed E-state index contributed by atoms with van der Waals surface area (Å²) in [6.07, 6.45) is 6.72. The molecule has 0 aliphatic heterocycles. The number of aromatic nitrogens is 3. The lowest BCUT2D eigenvalue weighted by molar-refractivity contribution is 0.644. The molecule has 0 saturated carbocycles. The van der Waals surface area contributed by atoms with E-state index in [0.717, 1.165) is 40.4 Å². The van der Waals surface area contributed by atoms with E-state index in [1.165, 1.54) is 0 Å². The number of rotatable bonds is 5. The number of imidazole rings is 1. The molecule has 0 radical (unpaired) electrons. The average Bonchev–Trinajstić information content (AvgIpc) is 2.95. The second kappa shape index (κ2) is 6.14. The van der Waals surface area contributed by atoms with Gasteiger partial charge in [0.15, 0.2) is 0 Å². The Bertz CT molecular complexity index is 751. The Morgan fingerprint density at radius 3 is 2.95 bits per heavy atom. The lowest BCUT2D eigenvalue weighted by atomic mass is 10.2. The molecule has 0 unspecified atom stereocenters. The summed E-state index contributed by atoms with van der Waals surface area (Å²) in [6.45, 7) is 3.81. The van der Waals surface area contributed by atoms with Crippen molar-refractivity contribution in [2.45, 2.75) is 26.4 Å². The normalized spacial score (nSPS) is 11.0. The van der Waals surface area contributed by atoms with E-state index in [1.54, 1.807) is 6.20 Å². The van der Waals surface area contributed by atoms with Gasteiger partial charge in [-0.25, -0.2) is 4.98 Å². The molecule has 0 saturated heterocycles. The first-order valence-electron chi connectivity index (χ1n) is 7.06. The summed E-state index contributed by atoms with van der Waals surface area (Å²) in [5, 5.41) is 5.09. The van der Waals surface area contributed by atoms with Crippen molar-refractivity contribution in [3.8, 4) is 0 Å². The smallest absolute Gasteiger partial charge is 0.128 e. The second-order valence-corrected chi connectivity index (χ2v) is 5.29. The van der Waals surface area contributed by atoms with E-state index in [2.05, 4.69) is 26.8 Å². The Hall–Kier alpha value is -2.07. The van der Waals surface area contributed by atoms with Gasteiger partial charge in [-0.1, -0.05) is 18.5 Å². The number of aryl methyl sites for hydroxylation is 1. The zero-order valence-corrected chi connectivity index (χ0v) is 12.6. The van der Waals surface area contributed by atoms with Crippen LogP contribution in [-0.2, 0) is 13.1 Å². The third kappa shape index (κ3) is 2.85. The van der Waals surface area contributed by atoms with Gasteiger partial charge in [-0.15, -0.1) is 0 Å². The van der Waals surface area contributed by atoms with Crippen LogP contribution in [0.4, 0.5) is 5.69 Å². The summed E-state index contributed by atoms with van der Waals surface area (Å²) >= 11 is 6.21. The van der Waals surface area contributed by atoms with Gasteiger partial charge < -0.3 is 9.88 Å². The summed E-state index contributed by atoms with van der Waals surface area (Å²) in [5.41, 5.74) is 1.86. The van der Waals surface area contributed by atoms with E-state index in [-0.39, 0.29) is 0 Å². The molecule has 2 aromatic heterocycles. The number of hydrogen-bond acceptors (Lipinski definition) is 3. The van der Waals surface area contributed by atoms with Crippen molar-refractivity contribution in [1.82, 2.24) is 14.5 Å². The molecule has 0 aliphatic carbocycles. The first-order chi connectivity index (χ1) is 10.3. The van der Waals surface area contributed by atoms with Crippen LogP contribution in [0.1, 0.15) is 19.2 Å². The number of benzene rings is 1. The highest BCUT2D eigenvalue weighted by molar-refractivity contribution is 6.35. The molecular formula is C16H17ClN4. The highest BCUT2D eigenvalue weighted by Crippen LogP contribution is 2.28. The molecule has 0 bridgehead atoms. The van der Waals surface area contributed by atoms with Crippen molar-refractivity contribution in [3.63, 3.8) is 0 Å². The van der Waals surface area contributed by atoms with Gasteiger partial charge in [0.05, 0.1) is 22.8 Å². The molecule has 1 aromatic carbocycles. The maximum absolute atomic E-state index is 6.21. The van der Waals surface area contributed by atoms with Crippen LogP contribution in [-0.4, -0.2) is 14.5 Å². The van der Waals surface area contributed by atoms with Crippen LogP contribution in [0.2, 0.25) is 5.02 Å². The van der Waals surface area contributed by atoms with Crippen molar-refractivity contribution in [2.24, 2.45) is 0 Å². The number of fused-ring (bicyclic) bond motifs is 1. The van der Waals surface area contributed by atoms with Crippen molar-refractivity contribution < 1.29 is 0 Å². The summed E-state index contributed by atoms with van der Waals surface area (Å²) in [6, 6.07) is 7.73. The lowest BCUT2D eigenvalue weighted by Crippen LogP contribution is -2.08. The summed E-state index contributed by atoms with van der Waals surface area (Å²) in [5.74, 6) is 1.02. The number of nitrogens with zero attached hydrogens (tertiary/aromatic N) is 3. The molecule has 0 amide bonds. The van der Waals surface area contributed by atoms with E-state index in [9.17, 15) is 0 Å². The Balaban J connectivity index is 1.85. The summed E-state index contributed by atoms with van der Waals surface area (Å²) < 4.78 is 2.17. The molecule has 4 nitrogen and oxygen atoms in total. The topological polar surface area (TPSA) is 42.7 Å². The number of pyridine rings is 1. The fourth-order valence-corrected chi connectivity index (χ4v) is 2.62. The highest BCUT2D eigenvalue weighted by atomic mass is 35.5. The molecule has 0 spiro atoms. The monoisotopic (exact) mass is 300 g/mol. The van der Waals surface area contributed by atoms with Crippen molar-refractivity contribution in [3.05, 3.63) is 53.7 Å². The van der Waals surface area contributed by atoms with Gasteiger partial charge in [0.1, 0.15) is 5.82 Å². The van der Waals surface area contributed by atoms with Gasteiger partial charge in [0.25, 0.3) is 0 Å². The average molecular weight is 301 g/mol. The third-order valence-corrected chi connectivity index (χ3v) is 3.75. The number of anilines is 1. The van der Waals surface area contributed by atoms with Crippen LogP contribution in [0.25, 0.3) is 10.9 Å². The van der Waals surface area contributed by atoms with Gasteiger partial charge in [0, 0.05) is 30.5 Å². The molecule has 0 aliphatic rings. The number of halogens is 1. The zero-order valence-electron chi connectivity index (χ0n) is 11.9. The Morgan fingerprint density at radius 2 is 2.10 bits per heavy atom. The standard InChI is InChI=1S/C16H17ClN4/c1-2-9-21-10-8-18-15(21)11-20-14-6-5-13(17)12-4-3-7-19-16(12)14/h3-8,10,20H,2,9,11H2,1H3. The van der Waals surface area contributed by atoms with Crippen molar-refractivity contribution in [1.29, 1.82) is 0 Å². The molecule has 5 heteroatoms. The van der Waals surface area contributed by atoms with E-state index in [0.29, 0.717) is 6.54 Å². The maximum Gasteiger partial charge on any atom is 0.128 e. The zero-order chi connectivity index (χ0) is 14.7. The molecule has 3 rings (SSSR count). The molecule has 1 N–H and O–H groups in total. The Morgan fingerprint density at radius 1 is 1.19 bits per heavy atom.